The van der Waals surface area contributed by atoms with Crippen LogP contribution in [0.4, 0.5) is 0 Å². The Labute approximate surface area is 306 Å². The van der Waals surface area contributed by atoms with Gasteiger partial charge in [0.15, 0.2) is 6.23 Å². The zero-order chi connectivity index (χ0) is 38.0. The molecule has 1 aliphatic rings. The van der Waals surface area contributed by atoms with Crippen molar-refractivity contribution >= 4 is 0 Å². The molecule has 3 aromatic heterocycles. The smallest absolute Gasteiger partial charge is 0.330 e. The van der Waals surface area contributed by atoms with Gasteiger partial charge in [-0.2, -0.15) is 0 Å². The van der Waals surface area contributed by atoms with Crippen molar-refractivity contribution in [3.8, 4) is 11.5 Å². The lowest BCUT2D eigenvalue weighted by Gasteiger charge is -2.37. The van der Waals surface area contributed by atoms with Crippen molar-refractivity contribution in [3.05, 3.63) is 173 Å². The van der Waals surface area contributed by atoms with E-state index < -0.39 is 52.6 Å². The van der Waals surface area contributed by atoms with E-state index in [9.17, 15) is 24.3 Å². The summed E-state index contributed by atoms with van der Waals surface area (Å²) in [6.45, 7) is 1.34. The van der Waals surface area contributed by atoms with Gasteiger partial charge < -0.3 is 24.1 Å². The van der Waals surface area contributed by atoms with E-state index in [4.69, 9.17) is 18.9 Å². The molecule has 54 heavy (non-hydrogen) atoms. The molecule has 278 valence electrons. The van der Waals surface area contributed by atoms with Crippen LogP contribution in [-0.2, 0) is 21.6 Å². The number of aliphatic hydroxyl groups excluding tert-OH is 1. The van der Waals surface area contributed by atoms with Crippen molar-refractivity contribution in [3.63, 3.8) is 0 Å². The van der Waals surface area contributed by atoms with Gasteiger partial charge in [0.25, 0.3) is 11.1 Å². The van der Waals surface area contributed by atoms with Gasteiger partial charge in [-0.15, -0.1) is 5.10 Å². The Morgan fingerprint density at radius 1 is 0.815 bits per heavy atom. The highest BCUT2D eigenvalue weighted by Crippen LogP contribution is 2.44. The minimum Gasteiger partial charge on any atom is -0.497 e. The molecule has 0 spiro atoms. The maximum atomic E-state index is 13.1. The van der Waals surface area contributed by atoms with Crippen molar-refractivity contribution in [1.29, 1.82) is 0 Å². The molecule has 1 saturated heterocycles. The van der Waals surface area contributed by atoms with Crippen molar-refractivity contribution in [2.24, 2.45) is 0 Å². The van der Waals surface area contributed by atoms with E-state index in [1.807, 2.05) is 78.9 Å². The van der Waals surface area contributed by atoms with Gasteiger partial charge in [0, 0.05) is 24.0 Å². The lowest BCUT2D eigenvalue weighted by atomic mass is 9.80. The second kappa shape index (κ2) is 14.9. The molecule has 0 saturated carbocycles. The average molecular weight is 736 g/mol. The molecule has 7 rings (SSSR count). The maximum absolute atomic E-state index is 13.1. The summed E-state index contributed by atoms with van der Waals surface area (Å²) >= 11 is 0. The first-order chi connectivity index (χ1) is 26.1. The van der Waals surface area contributed by atoms with Crippen LogP contribution in [0.5, 0.6) is 11.5 Å². The van der Waals surface area contributed by atoms with Gasteiger partial charge in [-0.1, -0.05) is 59.8 Å². The lowest BCUT2D eigenvalue weighted by molar-refractivity contribution is -0.0948. The van der Waals surface area contributed by atoms with Crippen molar-refractivity contribution < 1.29 is 24.1 Å². The van der Waals surface area contributed by atoms with Crippen LogP contribution >= 0.6 is 0 Å². The molecule has 0 amide bonds. The standard InChI is InChI=1S/C38H37N7O9/c1-23-19-43(36(49)40-34(23)48)20-27-21-45(42-41-27)32-33(47)30(54-35(32)44-18-17-31(46)39-37(44)50)22-53-38(24-7-5-4-6-8-24,25-9-13-28(51-2)14-10-25)26-11-15-29(52-3)16-12-26/h4-19,21,30,32-33,35,47H,20,22H2,1-3H3,(H,39,46,50)(H,40,48,49)/t30-,32-,33-,35-/m1/s1. The van der Waals surface area contributed by atoms with E-state index in [2.05, 4.69) is 20.3 Å². The Morgan fingerprint density at radius 2 is 1.44 bits per heavy atom. The van der Waals surface area contributed by atoms with Gasteiger partial charge >= 0.3 is 11.4 Å². The monoisotopic (exact) mass is 735 g/mol. The number of aliphatic hydroxyl groups is 1. The Kier molecular flexibility index (Phi) is 9.96. The minimum atomic E-state index is -1.33. The average Bonchev–Trinajstić information content (AvgIpc) is 3.78. The highest BCUT2D eigenvalue weighted by molar-refractivity contribution is 5.49. The molecule has 4 heterocycles. The summed E-state index contributed by atoms with van der Waals surface area (Å²) in [5, 5.41) is 20.5. The van der Waals surface area contributed by atoms with E-state index in [1.54, 1.807) is 21.1 Å². The lowest BCUT2D eigenvalue weighted by Crippen LogP contribution is -2.39. The largest absolute Gasteiger partial charge is 0.497 e. The number of hydrogen-bond donors (Lipinski definition) is 3. The van der Waals surface area contributed by atoms with Crippen LogP contribution in [0.1, 0.15) is 40.2 Å². The molecule has 0 aliphatic carbocycles. The van der Waals surface area contributed by atoms with Crippen LogP contribution in [0, 0.1) is 6.92 Å². The molecule has 6 aromatic rings. The van der Waals surface area contributed by atoms with Gasteiger partial charge in [0.2, 0.25) is 0 Å². The number of aromatic amines is 2. The molecule has 1 fully saturated rings. The fourth-order valence-corrected chi connectivity index (χ4v) is 6.73. The van der Waals surface area contributed by atoms with E-state index in [0.29, 0.717) is 22.8 Å². The highest BCUT2D eigenvalue weighted by atomic mass is 16.6. The number of ether oxygens (including phenoxy) is 4. The van der Waals surface area contributed by atoms with E-state index in [0.717, 1.165) is 21.3 Å². The Hall–Kier alpha value is -6.36. The molecule has 0 bridgehead atoms. The van der Waals surface area contributed by atoms with E-state index in [-0.39, 0.29) is 13.2 Å². The Morgan fingerprint density at radius 3 is 2.06 bits per heavy atom. The number of aryl methyl sites for hydroxylation is 1. The summed E-state index contributed by atoms with van der Waals surface area (Å²) in [7, 11) is 3.17. The Balaban J connectivity index is 1.28. The zero-order valence-electron chi connectivity index (χ0n) is 29.5. The fourth-order valence-electron chi connectivity index (χ4n) is 6.73. The SMILES string of the molecule is COc1ccc(C(OC[C@H]2O[C@@H](n3ccc(=O)[nH]c3=O)[C@H](n3cc(Cn4cc(C)c(=O)[nH]c4=O)nn3)[C@@H]2O)(c2ccccc2)c2ccc(OC)cc2)cc1. The Bertz CT molecular complexity index is 2420. The number of rotatable bonds is 12. The van der Waals surface area contributed by atoms with Crippen molar-refractivity contribution in [2.75, 3.05) is 20.8 Å². The number of nitrogens with one attached hydrogen (secondary N) is 2. The fraction of sp³-hybridized carbons (Fsp3) is 0.263. The molecule has 16 nitrogen and oxygen atoms in total. The van der Waals surface area contributed by atoms with Crippen molar-refractivity contribution in [1.82, 2.24) is 34.1 Å². The first-order valence-corrected chi connectivity index (χ1v) is 17.0. The van der Waals surface area contributed by atoms with Gasteiger partial charge in [-0.25, -0.2) is 14.3 Å². The van der Waals surface area contributed by atoms with Gasteiger partial charge in [0.05, 0.1) is 33.6 Å². The van der Waals surface area contributed by atoms with Crippen LogP contribution in [0.3, 0.4) is 0 Å². The summed E-state index contributed by atoms with van der Waals surface area (Å²) < 4.78 is 28.1. The van der Waals surface area contributed by atoms with Crippen LogP contribution in [0.25, 0.3) is 0 Å². The molecular weight excluding hydrogens is 698 g/mol. The topological polar surface area (TPSA) is 198 Å². The molecular formula is C38H37N7O9. The second-order valence-corrected chi connectivity index (χ2v) is 12.8. The number of benzene rings is 3. The third kappa shape index (κ3) is 6.80. The van der Waals surface area contributed by atoms with Crippen LogP contribution in [0.2, 0.25) is 0 Å². The molecule has 3 aromatic carbocycles. The van der Waals surface area contributed by atoms with E-state index in [1.165, 1.54) is 33.9 Å². The van der Waals surface area contributed by atoms with E-state index >= 15 is 0 Å². The number of methoxy groups -OCH3 is 2. The predicted octanol–water partition coefficient (Wildman–Crippen LogP) is 1.86. The predicted molar refractivity (Wildman–Crippen MR) is 194 cm³/mol. The third-order valence-corrected chi connectivity index (χ3v) is 9.48. The third-order valence-electron chi connectivity index (χ3n) is 9.48. The van der Waals surface area contributed by atoms with Crippen LogP contribution < -0.4 is 32.0 Å². The molecule has 0 unspecified atom stereocenters. The van der Waals surface area contributed by atoms with Crippen LogP contribution in [0.15, 0.2) is 123 Å². The number of nitrogens with zero attached hydrogens (tertiary/aromatic N) is 5. The molecule has 3 N–H and O–H groups in total. The number of aromatic nitrogens is 7. The van der Waals surface area contributed by atoms with Crippen molar-refractivity contribution in [2.45, 2.75) is 43.5 Å². The summed E-state index contributed by atoms with van der Waals surface area (Å²) in [5.74, 6) is 1.30. The quantitative estimate of drug-likeness (QED) is 0.155. The molecule has 0 radical (unpaired) electrons. The van der Waals surface area contributed by atoms with Gasteiger partial charge in [-0.05, 0) is 47.9 Å². The summed E-state index contributed by atoms with van der Waals surface area (Å²) in [4.78, 5) is 54.0. The molecule has 1 aliphatic heterocycles. The van der Waals surface area contributed by atoms with Gasteiger partial charge in [-0.3, -0.25) is 28.7 Å². The maximum Gasteiger partial charge on any atom is 0.330 e. The van der Waals surface area contributed by atoms with Gasteiger partial charge in [0.1, 0.15) is 41.0 Å². The number of hydrogen-bond acceptors (Lipinski definition) is 11. The minimum absolute atomic E-state index is 0.0424. The highest BCUT2D eigenvalue weighted by Gasteiger charge is 2.49. The second-order valence-electron chi connectivity index (χ2n) is 12.8. The summed E-state index contributed by atoms with van der Waals surface area (Å²) in [5.41, 5.74) is -0.794. The normalized spacial score (nSPS) is 18.4. The van der Waals surface area contributed by atoms with Crippen LogP contribution in [-0.4, -0.2) is 72.2 Å². The summed E-state index contributed by atoms with van der Waals surface area (Å²) in [6.07, 6.45) is 0.642. The zero-order valence-corrected chi connectivity index (χ0v) is 29.5. The first kappa shape index (κ1) is 36.0. The summed E-state index contributed by atoms with van der Waals surface area (Å²) in [6, 6.07) is 24.7. The first-order valence-electron chi connectivity index (χ1n) is 17.0. The number of H-pyrrole nitrogens is 2. The molecule has 4 atom stereocenters. The molecule has 16 heteroatoms.